The number of carbonyl (C=O) groups excluding carboxylic acids is 1. The molecule has 0 bridgehead atoms. The Morgan fingerprint density at radius 3 is 2.71 bits per heavy atom. The van der Waals surface area contributed by atoms with Crippen LogP contribution >= 0.6 is 11.6 Å². The zero-order chi connectivity index (χ0) is 15.6. The highest BCUT2D eigenvalue weighted by Gasteiger charge is 2.20. The number of carbonyl (C=O) groups is 1. The van der Waals surface area contributed by atoms with E-state index in [2.05, 4.69) is 36.3 Å². The number of amides is 1. The number of aromatic nitrogens is 4. The van der Waals surface area contributed by atoms with Gasteiger partial charge in [-0.05, 0) is 19.8 Å². The van der Waals surface area contributed by atoms with Gasteiger partial charge < -0.3 is 5.32 Å². The zero-order valence-electron chi connectivity index (χ0n) is 12.7. The van der Waals surface area contributed by atoms with Gasteiger partial charge in [0.1, 0.15) is 11.5 Å². The second kappa shape index (κ2) is 6.30. The number of halogens is 1. The molecule has 1 amide bonds. The number of aryl methyl sites for hydroxylation is 1. The Labute approximate surface area is 129 Å². The summed E-state index contributed by atoms with van der Waals surface area (Å²) in [6.45, 7) is 8.78. The minimum Gasteiger partial charge on any atom is -0.305 e. The van der Waals surface area contributed by atoms with E-state index in [0.717, 1.165) is 0 Å². The molecule has 0 spiro atoms. The smallest absolute Gasteiger partial charge is 0.276 e. The number of hydrogen-bond acceptors (Lipinski definition) is 3. The van der Waals surface area contributed by atoms with Crippen molar-refractivity contribution in [2.45, 2.75) is 40.3 Å². The van der Waals surface area contributed by atoms with Gasteiger partial charge in [-0.3, -0.25) is 9.48 Å². The molecule has 21 heavy (non-hydrogen) atoms. The minimum absolute atomic E-state index is 0.182. The topological polar surface area (TPSA) is 64.7 Å². The fraction of sp³-hybridized carbons (Fsp3) is 0.500. The van der Waals surface area contributed by atoms with Gasteiger partial charge in [0, 0.05) is 12.6 Å². The highest BCUT2D eigenvalue weighted by atomic mass is 35.5. The summed E-state index contributed by atoms with van der Waals surface area (Å²) in [4.78, 5) is 12.4. The van der Waals surface area contributed by atoms with Gasteiger partial charge in [0.2, 0.25) is 0 Å². The molecule has 0 radical (unpaired) electrons. The van der Waals surface area contributed by atoms with Crippen LogP contribution in [0.15, 0.2) is 18.5 Å². The van der Waals surface area contributed by atoms with E-state index < -0.39 is 0 Å². The molecule has 0 aliphatic heterocycles. The lowest BCUT2D eigenvalue weighted by atomic mass is 10.1. The third-order valence-corrected chi connectivity index (χ3v) is 3.85. The molecule has 114 valence electrons. The average molecular weight is 310 g/mol. The molecule has 0 saturated carbocycles. The van der Waals surface area contributed by atoms with Crippen molar-refractivity contribution in [2.75, 3.05) is 5.32 Å². The zero-order valence-corrected chi connectivity index (χ0v) is 13.4. The van der Waals surface area contributed by atoms with Gasteiger partial charge >= 0.3 is 0 Å². The normalized spacial score (nSPS) is 12.7. The van der Waals surface area contributed by atoms with Crippen LogP contribution in [-0.4, -0.2) is 25.5 Å². The lowest BCUT2D eigenvalue weighted by Crippen LogP contribution is -2.22. The molecule has 0 fully saturated rings. The van der Waals surface area contributed by atoms with Crippen molar-refractivity contribution in [3.63, 3.8) is 0 Å². The maximum Gasteiger partial charge on any atom is 0.276 e. The fourth-order valence-electron chi connectivity index (χ4n) is 2.02. The number of nitrogens with one attached hydrogen (secondary N) is 1. The molecule has 2 heterocycles. The number of nitrogens with zero attached hydrogens (tertiary/aromatic N) is 4. The number of rotatable bonds is 5. The van der Waals surface area contributed by atoms with E-state index in [1.54, 1.807) is 16.9 Å². The molecule has 0 aromatic carbocycles. The standard InChI is InChI=1S/C14H20ClN5O/c1-5-19-13(11(15)8-17-19)14(21)18-12-6-7-16-20(12)10(4)9(2)3/h6-10H,5H2,1-4H3,(H,18,21). The highest BCUT2D eigenvalue weighted by molar-refractivity contribution is 6.34. The highest BCUT2D eigenvalue weighted by Crippen LogP contribution is 2.22. The first-order valence-corrected chi connectivity index (χ1v) is 7.39. The van der Waals surface area contributed by atoms with Gasteiger partial charge in [-0.2, -0.15) is 10.2 Å². The maximum absolute atomic E-state index is 12.4. The van der Waals surface area contributed by atoms with Gasteiger partial charge in [0.25, 0.3) is 5.91 Å². The quantitative estimate of drug-likeness (QED) is 0.922. The fourth-order valence-corrected chi connectivity index (χ4v) is 2.25. The summed E-state index contributed by atoms with van der Waals surface area (Å²) in [6.07, 6.45) is 3.15. The van der Waals surface area contributed by atoms with Gasteiger partial charge in [-0.1, -0.05) is 25.4 Å². The van der Waals surface area contributed by atoms with Crippen molar-refractivity contribution in [2.24, 2.45) is 5.92 Å². The van der Waals surface area contributed by atoms with E-state index in [9.17, 15) is 4.79 Å². The molecule has 1 N–H and O–H groups in total. The lowest BCUT2D eigenvalue weighted by Gasteiger charge is -2.19. The van der Waals surface area contributed by atoms with Crippen molar-refractivity contribution < 1.29 is 4.79 Å². The first-order chi connectivity index (χ1) is 9.95. The molecule has 0 aliphatic carbocycles. The SMILES string of the molecule is CCn1ncc(Cl)c1C(=O)Nc1ccnn1C(C)C(C)C. The Balaban J connectivity index is 2.25. The molecule has 0 aliphatic rings. The molecule has 2 aromatic rings. The van der Waals surface area contributed by atoms with Crippen LogP contribution in [0, 0.1) is 5.92 Å². The van der Waals surface area contributed by atoms with Crippen molar-refractivity contribution in [3.05, 3.63) is 29.2 Å². The summed E-state index contributed by atoms with van der Waals surface area (Å²) in [5.74, 6) is 0.781. The van der Waals surface area contributed by atoms with Gasteiger partial charge in [0.05, 0.1) is 23.5 Å². The van der Waals surface area contributed by atoms with Crippen LogP contribution in [0.5, 0.6) is 0 Å². The Morgan fingerprint density at radius 2 is 2.10 bits per heavy atom. The van der Waals surface area contributed by atoms with Crippen molar-refractivity contribution in [1.82, 2.24) is 19.6 Å². The van der Waals surface area contributed by atoms with Gasteiger partial charge in [-0.25, -0.2) is 4.68 Å². The van der Waals surface area contributed by atoms with Crippen LogP contribution < -0.4 is 5.32 Å². The lowest BCUT2D eigenvalue weighted by molar-refractivity contribution is 0.101. The van der Waals surface area contributed by atoms with Crippen LogP contribution in [0.4, 0.5) is 5.82 Å². The van der Waals surface area contributed by atoms with E-state index in [0.29, 0.717) is 29.0 Å². The van der Waals surface area contributed by atoms with E-state index in [-0.39, 0.29) is 11.9 Å². The van der Waals surface area contributed by atoms with Crippen LogP contribution in [0.1, 0.15) is 44.2 Å². The molecule has 0 saturated heterocycles. The summed E-state index contributed by atoms with van der Waals surface area (Å²) in [7, 11) is 0. The Bertz CT molecular complexity index is 631. The summed E-state index contributed by atoms with van der Waals surface area (Å²) >= 11 is 6.04. The second-order valence-corrected chi connectivity index (χ2v) is 5.66. The minimum atomic E-state index is -0.281. The molecular formula is C14H20ClN5O. The molecule has 2 rings (SSSR count). The van der Waals surface area contributed by atoms with Crippen LogP contribution in [-0.2, 0) is 6.54 Å². The predicted octanol–water partition coefficient (Wildman–Crippen LogP) is 3.22. The van der Waals surface area contributed by atoms with Crippen LogP contribution in [0.25, 0.3) is 0 Å². The van der Waals surface area contributed by atoms with E-state index >= 15 is 0 Å². The Hall–Kier alpha value is -1.82. The van der Waals surface area contributed by atoms with Crippen molar-refractivity contribution >= 4 is 23.3 Å². The maximum atomic E-state index is 12.4. The number of hydrogen-bond donors (Lipinski definition) is 1. The molecule has 6 nitrogen and oxygen atoms in total. The monoisotopic (exact) mass is 309 g/mol. The van der Waals surface area contributed by atoms with Gasteiger partial charge in [0.15, 0.2) is 0 Å². The van der Waals surface area contributed by atoms with E-state index in [1.165, 1.54) is 6.20 Å². The molecular weight excluding hydrogens is 290 g/mol. The van der Waals surface area contributed by atoms with Crippen LogP contribution in [0.3, 0.4) is 0 Å². The van der Waals surface area contributed by atoms with Crippen molar-refractivity contribution in [1.29, 1.82) is 0 Å². The van der Waals surface area contributed by atoms with E-state index in [4.69, 9.17) is 11.6 Å². The Morgan fingerprint density at radius 1 is 1.38 bits per heavy atom. The molecule has 2 aromatic heterocycles. The predicted molar refractivity (Wildman–Crippen MR) is 82.6 cm³/mol. The van der Waals surface area contributed by atoms with Crippen molar-refractivity contribution in [3.8, 4) is 0 Å². The third-order valence-electron chi connectivity index (χ3n) is 3.57. The first-order valence-electron chi connectivity index (χ1n) is 7.01. The molecule has 7 heteroatoms. The summed E-state index contributed by atoms with van der Waals surface area (Å²) < 4.78 is 3.38. The number of anilines is 1. The summed E-state index contributed by atoms with van der Waals surface area (Å²) in [6, 6.07) is 1.96. The van der Waals surface area contributed by atoms with E-state index in [1.807, 2.05) is 11.6 Å². The van der Waals surface area contributed by atoms with Crippen LogP contribution in [0.2, 0.25) is 5.02 Å². The summed E-state index contributed by atoms with van der Waals surface area (Å²) in [5, 5.41) is 11.6. The average Bonchev–Trinajstić information content (AvgIpc) is 3.03. The Kier molecular flexibility index (Phi) is 4.67. The largest absolute Gasteiger partial charge is 0.305 e. The van der Waals surface area contributed by atoms with Gasteiger partial charge in [-0.15, -0.1) is 0 Å². The third kappa shape index (κ3) is 3.10. The molecule has 1 atom stereocenters. The first kappa shape index (κ1) is 15.6. The molecule has 1 unspecified atom stereocenters. The summed E-state index contributed by atoms with van der Waals surface area (Å²) in [5.41, 5.74) is 0.365. The second-order valence-electron chi connectivity index (χ2n) is 5.26.